The number of hydrogen-bond donors (Lipinski definition) is 1. The van der Waals surface area contributed by atoms with Crippen LogP contribution in [0.1, 0.15) is 32.8 Å². The van der Waals surface area contributed by atoms with Crippen molar-refractivity contribution in [3.63, 3.8) is 0 Å². The monoisotopic (exact) mass is 347 g/mol. The van der Waals surface area contributed by atoms with Crippen LogP contribution in [0.2, 0.25) is 0 Å². The second-order valence-electron chi connectivity index (χ2n) is 7.01. The lowest BCUT2D eigenvalue weighted by Gasteiger charge is -2.30. The number of ether oxygens (including phenoxy) is 1. The fourth-order valence-corrected chi connectivity index (χ4v) is 3.05. The van der Waals surface area contributed by atoms with E-state index < -0.39 is 6.04 Å². The molecule has 1 fully saturated rings. The van der Waals surface area contributed by atoms with E-state index in [9.17, 15) is 9.59 Å². The van der Waals surface area contributed by atoms with E-state index in [0.29, 0.717) is 19.6 Å². The topological polar surface area (TPSA) is 75.9 Å². The molecule has 2 atom stereocenters. The summed E-state index contributed by atoms with van der Waals surface area (Å²) in [6, 6.07) is 9.23. The van der Waals surface area contributed by atoms with Gasteiger partial charge < -0.3 is 20.3 Å². The van der Waals surface area contributed by atoms with Gasteiger partial charge in [0, 0.05) is 25.7 Å². The molecular weight excluding hydrogens is 318 g/mol. The lowest BCUT2D eigenvalue weighted by molar-refractivity contribution is -0.134. The summed E-state index contributed by atoms with van der Waals surface area (Å²) in [5.41, 5.74) is 6.72. The minimum absolute atomic E-state index is 0.0416. The molecule has 1 aromatic carbocycles. The highest BCUT2D eigenvalue weighted by Gasteiger charge is 2.31. The van der Waals surface area contributed by atoms with Gasteiger partial charge in [-0.15, -0.1) is 0 Å². The third-order valence-electron chi connectivity index (χ3n) is 4.50. The second kappa shape index (κ2) is 8.85. The molecule has 1 heterocycles. The molecule has 1 aromatic rings. The van der Waals surface area contributed by atoms with Gasteiger partial charge in [0.25, 0.3) is 0 Å². The summed E-state index contributed by atoms with van der Waals surface area (Å²) in [6.07, 6.45) is 0.580. The number of hydrogen-bond acceptors (Lipinski definition) is 4. The van der Waals surface area contributed by atoms with Crippen molar-refractivity contribution in [2.24, 2.45) is 11.7 Å². The van der Waals surface area contributed by atoms with Crippen LogP contribution in [-0.4, -0.2) is 53.5 Å². The standard InChI is InChI=1S/C19H29N3O3/c1-14(2)22(18(23)15(3)20)12-17-9-10-21(11-17)19(24)25-13-16-7-5-4-6-8-16/h4-8,14-15,17H,9-13,20H2,1-3H3/t15-,17-/m0/s1. The third kappa shape index (κ3) is 5.46. The van der Waals surface area contributed by atoms with Crippen LogP contribution in [0.25, 0.3) is 0 Å². The van der Waals surface area contributed by atoms with E-state index in [-0.39, 0.29) is 30.6 Å². The Kier molecular flexibility index (Phi) is 6.82. The molecule has 1 aliphatic heterocycles. The van der Waals surface area contributed by atoms with E-state index in [1.165, 1.54) is 0 Å². The van der Waals surface area contributed by atoms with Gasteiger partial charge >= 0.3 is 6.09 Å². The van der Waals surface area contributed by atoms with E-state index in [1.807, 2.05) is 49.1 Å². The molecule has 0 unspecified atom stereocenters. The predicted molar refractivity (Wildman–Crippen MR) is 96.8 cm³/mol. The van der Waals surface area contributed by atoms with E-state index in [0.717, 1.165) is 12.0 Å². The Morgan fingerprint density at radius 2 is 1.96 bits per heavy atom. The maximum Gasteiger partial charge on any atom is 0.410 e. The number of likely N-dealkylation sites (tertiary alicyclic amines) is 1. The van der Waals surface area contributed by atoms with E-state index in [2.05, 4.69) is 0 Å². The van der Waals surface area contributed by atoms with Crippen molar-refractivity contribution in [3.05, 3.63) is 35.9 Å². The molecule has 2 N–H and O–H groups in total. The normalized spacial score (nSPS) is 18.3. The first-order chi connectivity index (χ1) is 11.9. The molecule has 0 bridgehead atoms. The third-order valence-corrected chi connectivity index (χ3v) is 4.50. The summed E-state index contributed by atoms with van der Waals surface area (Å²) >= 11 is 0. The summed E-state index contributed by atoms with van der Waals surface area (Å²) in [4.78, 5) is 28.0. The summed E-state index contributed by atoms with van der Waals surface area (Å²) in [7, 11) is 0. The Morgan fingerprint density at radius 3 is 2.56 bits per heavy atom. The summed E-state index contributed by atoms with van der Waals surface area (Å²) in [6.45, 7) is 7.87. The van der Waals surface area contributed by atoms with E-state index >= 15 is 0 Å². The molecule has 1 saturated heterocycles. The van der Waals surface area contributed by atoms with Crippen molar-refractivity contribution < 1.29 is 14.3 Å². The maximum absolute atomic E-state index is 12.2. The zero-order valence-corrected chi connectivity index (χ0v) is 15.4. The Bertz CT molecular complexity index is 575. The first-order valence-electron chi connectivity index (χ1n) is 8.90. The van der Waals surface area contributed by atoms with Crippen molar-refractivity contribution in [1.29, 1.82) is 0 Å². The molecule has 2 rings (SSSR count). The zero-order chi connectivity index (χ0) is 18.4. The molecular formula is C19H29N3O3. The molecule has 6 heteroatoms. The van der Waals surface area contributed by atoms with Crippen LogP contribution in [-0.2, 0) is 16.1 Å². The van der Waals surface area contributed by atoms with Gasteiger partial charge in [-0.25, -0.2) is 4.79 Å². The summed E-state index contributed by atoms with van der Waals surface area (Å²) in [5.74, 6) is 0.217. The van der Waals surface area contributed by atoms with Gasteiger partial charge in [-0.05, 0) is 38.7 Å². The van der Waals surface area contributed by atoms with Crippen LogP contribution >= 0.6 is 0 Å². The van der Waals surface area contributed by atoms with E-state index in [4.69, 9.17) is 10.5 Å². The Hall–Kier alpha value is -2.08. The lowest BCUT2D eigenvalue weighted by atomic mass is 10.1. The molecule has 0 saturated carbocycles. The van der Waals surface area contributed by atoms with Crippen molar-refractivity contribution >= 4 is 12.0 Å². The fourth-order valence-electron chi connectivity index (χ4n) is 3.05. The van der Waals surface area contributed by atoms with Crippen LogP contribution in [0, 0.1) is 5.92 Å². The summed E-state index contributed by atoms with van der Waals surface area (Å²) in [5, 5.41) is 0. The van der Waals surface area contributed by atoms with Crippen LogP contribution in [0.5, 0.6) is 0 Å². The average molecular weight is 347 g/mol. The highest BCUT2D eigenvalue weighted by Crippen LogP contribution is 2.20. The van der Waals surface area contributed by atoms with Crippen LogP contribution in [0.15, 0.2) is 30.3 Å². The van der Waals surface area contributed by atoms with Gasteiger partial charge in [0.2, 0.25) is 5.91 Å². The minimum atomic E-state index is -0.504. The first kappa shape index (κ1) is 19.2. The van der Waals surface area contributed by atoms with Crippen LogP contribution in [0.3, 0.4) is 0 Å². The van der Waals surface area contributed by atoms with Crippen LogP contribution < -0.4 is 5.73 Å². The molecule has 138 valence electrons. The molecule has 6 nitrogen and oxygen atoms in total. The Labute approximate surface area is 149 Å². The lowest BCUT2D eigenvalue weighted by Crippen LogP contribution is -2.48. The van der Waals surface area contributed by atoms with Gasteiger partial charge in [0.05, 0.1) is 6.04 Å². The molecule has 25 heavy (non-hydrogen) atoms. The maximum atomic E-state index is 12.2. The van der Waals surface area contributed by atoms with Crippen molar-refractivity contribution in [3.8, 4) is 0 Å². The molecule has 0 aliphatic carbocycles. The van der Waals surface area contributed by atoms with Gasteiger partial charge in [-0.1, -0.05) is 30.3 Å². The Balaban J connectivity index is 1.83. The SMILES string of the molecule is CC(C)N(C[C@H]1CCN(C(=O)OCc2ccccc2)C1)C(=O)[C@H](C)N. The van der Waals surface area contributed by atoms with Crippen molar-refractivity contribution in [2.75, 3.05) is 19.6 Å². The van der Waals surface area contributed by atoms with Gasteiger partial charge in [0.1, 0.15) is 6.61 Å². The number of benzene rings is 1. The average Bonchev–Trinajstić information content (AvgIpc) is 3.06. The van der Waals surface area contributed by atoms with Gasteiger partial charge in [0.15, 0.2) is 0 Å². The molecule has 0 spiro atoms. The minimum Gasteiger partial charge on any atom is -0.445 e. The highest BCUT2D eigenvalue weighted by molar-refractivity contribution is 5.81. The smallest absolute Gasteiger partial charge is 0.410 e. The van der Waals surface area contributed by atoms with Crippen LogP contribution in [0.4, 0.5) is 4.79 Å². The number of amides is 2. The molecule has 2 amide bonds. The number of rotatable bonds is 6. The number of carbonyl (C=O) groups excluding carboxylic acids is 2. The van der Waals surface area contributed by atoms with Gasteiger partial charge in [-0.2, -0.15) is 0 Å². The van der Waals surface area contributed by atoms with Crippen molar-refractivity contribution in [1.82, 2.24) is 9.80 Å². The second-order valence-corrected chi connectivity index (χ2v) is 7.01. The molecule has 0 aromatic heterocycles. The zero-order valence-electron chi connectivity index (χ0n) is 15.4. The van der Waals surface area contributed by atoms with Gasteiger partial charge in [-0.3, -0.25) is 4.79 Å². The Morgan fingerprint density at radius 1 is 1.28 bits per heavy atom. The van der Waals surface area contributed by atoms with E-state index in [1.54, 1.807) is 11.8 Å². The number of nitrogens with two attached hydrogens (primary N) is 1. The van der Waals surface area contributed by atoms with Crippen molar-refractivity contribution in [2.45, 2.75) is 45.9 Å². The fraction of sp³-hybridized carbons (Fsp3) is 0.579. The number of carbonyl (C=O) groups is 2. The summed E-state index contributed by atoms with van der Waals surface area (Å²) < 4.78 is 5.38. The predicted octanol–water partition coefficient (Wildman–Crippen LogP) is 2.23. The largest absolute Gasteiger partial charge is 0.445 e. The highest BCUT2D eigenvalue weighted by atomic mass is 16.6. The quantitative estimate of drug-likeness (QED) is 0.856. The molecule has 1 aliphatic rings. The number of nitrogens with zero attached hydrogens (tertiary/aromatic N) is 2. The molecule has 0 radical (unpaired) electrons. The first-order valence-corrected chi connectivity index (χ1v) is 8.90.